The molecule has 3 rings (SSSR count). The molecule has 1 saturated heterocycles. The molecule has 0 N–H and O–H groups in total. The van der Waals surface area contributed by atoms with Crippen molar-refractivity contribution < 1.29 is 14.0 Å². The maximum atomic E-state index is 9.05. The molecule has 2 aromatic heterocycles. The third-order valence-electron chi connectivity index (χ3n) is 3.50. The zero-order valence-electron chi connectivity index (χ0n) is 11.0. The summed E-state index contributed by atoms with van der Waals surface area (Å²) in [7, 11) is 1.65. The Hall–Kier alpha value is -1.75. The first-order valence-corrected chi connectivity index (χ1v) is 7.12. The number of aromatic nitrogens is 2. The lowest BCUT2D eigenvalue weighted by Gasteiger charge is -2.32. The second kappa shape index (κ2) is 5.32. The van der Waals surface area contributed by atoms with E-state index in [1.165, 1.54) is 11.3 Å². The summed E-state index contributed by atoms with van der Waals surface area (Å²) in [4.78, 5) is 5.13. The molecule has 0 radical (unpaired) electrons. The third-order valence-corrected chi connectivity index (χ3v) is 4.41. The average Bonchev–Trinajstić information content (AvgIpc) is 3.16. The molecule has 0 aliphatic carbocycles. The summed E-state index contributed by atoms with van der Waals surface area (Å²) in [6.45, 7) is 1.22. The molecule has 20 heavy (non-hydrogen) atoms. The van der Waals surface area contributed by atoms with Gasteiger partial charge in [0.25, 0.3) is 5.89 Å². The van der Waals surface area contributed by atoms with Crippen LogP contribution in [0.25, 0.3) is 10.8 Å². The zero-order valence-corrected chi connectivity index (χ0v) is 11.8. The summed E-state index contributed by atoms with van der Waals surface area (Å²) in [5.41, 5.74) is -0.00648. The van der Waals surface area contributed by atoms with E-state index in [2.05, 4.69) is 16.2 Å². The van der Waals surface area contributed by atoms with Crippen LogP contribution in [0.2, 0.25) is 0 Å². The van der Waals surface area contributed by atoms with Crippen molar-refractivity contribution in [3.05, 3.63) is 22.8 Å². The van der Waals surface area contributed by atoms with Gasteiger partial charge in [-0.2, -0.15) is 10.2 Å². The maximum Gasteiger partial charge on any atom is 0.269 e. The highest BCUT2D eigenvalue weighted by molar-refractivity contribution is 7.13. The van der Waals surface area contributed by atoms with E-state index in [0.29, 0.717) is 48.2 Å². The van der Waals surface area contributed by atoms with Gasteiger partial charge in [-0.05, 0) is 11.4 Å². The van der Waals surface area contributed by atoms with Gasteiger partial charge in [0, 0.05) is 33.2 Å². The molecule has 1 aliphatic rings. The van der Waals surface area contributed by atoms with Crippen LogP contribution >= 0.6 is 11.3 Å². The van der Waals surface area contributed by atoms with Gasteiger partial charge in [-0.15, -0.1) is 11.3 Å². The van der Waals surface area contributed by atoms with Gasteiger partial charge in [-0.1, -0.05) is 5.16 Å². The fourth-order valence-corrected chi connectivity index (χ4v) is 3.05. The number of methoxy groups -OCH3 is 1. The molecule has 0 saturated carbocycles. The van der Waals surface area contributed by atoms with E-state index < -0.39 is 5.60 Å². The van der Waals surface area contributed by atoms with Gasteiger partial charge in [0.05, 0.1) is 5.56 Å². The molecule has 0 bridgehead atoms. The third kappa shape index (κ3) is 2.12. The Balaban J connectivity index is 1.96. The van der Waals surface area contributed by atoms with Gasteiger partial charge in [-0.25, -0.2) is 0 Å². The molecule has 0 spiro atoms. The molecule has 0 aromatic carbocycles. The van der Waals surface area contributed by atoms with Crippen molar-refractivity contribution in [2.75, 3.05) is 20.3 Å². The van der Waals surface area contributed by atoms with Gasteiger partial charge in [0.1, 0.15) is 16.5 Å². The Morgan fingerprint density at radius 3 is 2.95 bits per heavy atom. The van der Waals surface area contributed by atoms with Gasteiger partial charge < -0.3 is 14.0 Å². The Morgan fingerprint density at radius 1 is 1.45 bits per heavy atom. The van der Waals surface area contributed by atoms with E-state index in [1.54, 1.807) is 13.2 Å². The van der Waals surface area contributed by atoms with Crippen LogP contribution in [-0.4, -0.2) is 30.5 Å². The van der Waals surface area contributed by atoms with Crippen molar-refractivity contribution in [3.63, 3.8) is 0 Å². The molecule has 6 nitrogen and oxygen atoms in total. The maximum absolute atomic E-state index is 9.05. The molecule has 2 aromatic rings. The zero-order chi connectivity index (χ0) is 14.0. The van der Waals surface area contributed by atoms with E-state index in [1.807, 2.05) is 5.38 Å². The topological polar surface area (TPSA) is 81.2 Å². The second-order valence-corrected chi connectivity index (χ2v) is 5.43. The number of hydrogen-bond donors (Lipinski definition) is 0. The van der Waals surface area contributed by atoms with Gasteiger partial charge in [0.15, 0.2) is 0 Å². The van der Waals surface area contributed by atoms with Crippen LogP contribution in [-0.2, 0) is 15.1 Å². The first kappa shape index (κ1) is 13.2. The Labute approximate surface area is 119 Å². The highest BCUT2D eigenvalue weighted by Crippen LogP contribution is 2.36. The van der Waals surface area contributed by atoms with Crippen molar-refractivity contribution in [2.45, 2.75) is 18.4 Å². The van der Waals surface area contributed by atoms with Crippen LogP contribution in [0.1, 0.15) is 24.2 Å². The van der Waals surface area contributed by atoms with E-state index in [0.717, 1.165) is 0 Å². The van der Waals surface area contributed by atoms with E-state index >= 15 is 0 Å². The van der Waals surface area contributed by atoms with Crippen LogP contribution in [0, 0.1) is 11.3 Å². The van der Waals surface area contributed by atoms with Crippen LogP contribution in [0.15, 0.2) is 16.0 Å². The molecule has 1 aliphatic heterocycles. The molecule has 7 heteroatoms. The fraction of sp³-hybridized carbons (Fsp3) is 0.462. The smallest absolute Gasteiger partial charge is 0.269 e. The highest BCUT2D eigenvalue weighted by atomic mass is 32.1. The quantitative estimate of drug-likeness (QED) is 0.863. The van der Waals surface area contributed by atoms with Crippen LogP contribution < -0.4 is 0 Å². The van der Waals surface area contributed by atoms with Crippen molar-refractivity contribution in [3.8, 4) is 16.8 Å². The van der Waals surface area contributed by atoms with Gasteiger partial charge in [-0.3, -0.25) is 0 Å². The predicted molar refractivity (Wildman–Crippen MR) is 71.1 cm³/mol. The summed E-state index contributed by atoms with van der Waals surface area (Å²) in [6.07, 6.45) is 1.38. The molecule has 0 unspecified atom stereocenters. The van der Waals surface area contributed by atoms with Crippen LogP contribution in [0.5, 0.6) is 0 Å². The average molecular weight is 291 g/mol. The Kier molecular flexibility index (Phi) is 3.53. The van der Waals surface area contributed by atoms with Crippen LogP contribution in [0.4, 0.5) is 0 Å². The van der Waals surface area contributed by atoms with Crippen molar-refractivity contribution >= 4 is 11.3 Å². The summed E-state index contributed by atoms with van der Waals surface area (Å²) < 4.78 is 16.3. The fourth-order valence-electron chi connectivity index (χ4n) is 2.28. The normalized spacial score (nSPS) is 17.8. The van der Waals surface area contributed by atoms with Crippen molar-refractivity contribution in [2.24, 2.45) is 0 Å². The highest BCUT2D eigenvalue weighted by Gasteiger charge is 2.39. The number of rotatable bonds is 3. The van der Waals surface area contributed by atoms with Crippen LogP contribution in [0.3, 0.4) is 0 Å². The number of hydrogen-bond acceptors (Lipinski definition) is 7. The lowest BCUT2D eigenvalue weighted by molar-refractivity contribution is -0.101. The SMILES string of the molecule is COC1(c2noc(-c3sccc3C#N)n2)CCOCC1. The molecule has 3 heterocycles. The lowest BCUT2D eigenvalue weighted by atomic mass is 9.93. The monoisotopic (exact) mass is 291 g/mol. The van der Waals surface area contributed by atoms with E-state index in [4.69, 9.17) is 19.3 Å². The second-order valence-electron chi connectivity index (χ2n) is 4.51. The first-order chi connectivity index (χ1) is 9.79. The molecule has 0 amide bonds. The molecule has 0 atom stereocenters. The van der Waals surface area contributed by atoms with Gasteiger partial charge >= 0.3 is 0 Å². The summed E-state index contributed by atoms with van der Waals surface area (Å²) in [5, 5.41) is 14.9. The Bertz CT molecular complexity index is 637. The lowest BCUT2D eigenvalue weighted by Crippen LogP contribution is -2.36. The van der Waals surface area contributed by atoms with Crippen molar-refractivity contribution in [1.82, 2.24) is 10.1 Å². The summed E-state index contributed by atoms with van der Waals surface area (Å²) in [6, 6.07) is 3.86. The minimum Gasteiger partial charge on any atom is -0.381 e. The number of ether oxygens (including phenoxy) is 2. The largest absolute Gasteiger partial charge is 0.381 e. The minimum atomic E-state index is -0.552. The predicted octanol–water partition coefficient (Wildman–Crippen LogP) is 2.32. The molecular formula is C13H13N3O3S. The molecule has 104 valence electrons. The number of nitriles is 1. The van der Waals surface area contributed by atoms with Gasteiger partial charge in [0.2, 0.25) is 5.82 Å². The number of thiophene rings is 1. The standard InChI is InChI=1S/C13H13N3O3S/c1-17-13(3-5-18-6-4-13)12-15-11(19-16-12)10-9(8-14)2-7-20-10/h2,7H,3-6H2,1H3. The Morgan fingerprint density at radius 2 is 2.25 bits per heavy atom. The summed E-state index contributed by atoms with van der Waals surface area (Å²) >= 11 is 1.41. The molecular weight excluding hydrogens is 278 g/mol. The van der Waals surface area contributed by atoms with Crippen molar-refractivity contribution in [1.29, 1.82) is 5.26 Å². The van der Waals surface area contributed by atoms with E-state index in [-0.39, 0.29) is 0 Å². The first-order valence-electron chi connectivity index (χ1n) is 6.24. The summed E-state index contributed by atoms with van der Waals surface area (Å²) in [5.74, 6) is 0.894. The van der Waals surface area contributed by atoms with E-state index in [9.17, 15) is 0 Å². The minimum absolute atomic E-state index is 0.370. The molecule has 1 fully saturated rings. The number of nitrogens with zero attached hydrogens (tertiary/aromatic N) is 3.